The number of para-hydroxylation sites is 1. The molecule has 1 saturated heterocycles. The number of rotatable bonds is 6. The van der Waals surface area contributed by atoms with E-state index in [0.29, 0.717) is 12.2 Å². The molecule has 1 fully saturated rings. The molecular weight excluding hydrogens is 579 g/mol. The number of methoxy groups -OCH3 is 1. The summed E-state index contributed by atoms with van der Waals surface area (Å²) in [6, 6.07) is 15.7. The summed E-state index contributed by atoms with van der Waals surface area (Å²) in [5.41, 5.74) is 4.88. The van der Waals surface area contributed by atoms with E-state index >= 15 is 0 Å². The highest BCUT2D eigenvalue weighted by molar-refractivity contribution is 6.42. The number of benzene rings is 3. The maximum absolute atomic E-state index is 13.9. The number of hydrogen-bond donors (Lipinski definition) is 0. The first-order valence-electron chi connectivity index (χ1n) is 13.3. The van der Waals surface area contributed by atoms with Crippen molar-refractivity contribution < 1.29 is 19.1 Å². The Labute approximate surface area is 252 Å². The molecule has 3 amide bonds. The van der Waals surface area contributed by atoms with Crippen LogP contribution in [0.1, 0.15) is 34.7 Å². The molecule has 3 aromatic carbocycles. The number of amides is 3. The number of carbonyl (C=O) groups excluding carboxylic acids is 3. The summed E-state index contributed by atoms with van der Waals surface area (Å²) in [6.07, 6.45) is 0.492. The number of anilines is 1. The number of imide groups is 1. The van der Waals surface area contributed by atoms with Crippen LogP contribution in [0.5, 0.6) is 5.75 Å². The number of hydrazone groups is 1. The van der Waals surface area contributed by atoms with Gasteiger partial charge >= 0.3 is 0 Å². The van der Waals surface area contributed by atoms with E-state index in [1.165, 1.54) is 22.2 Å². The largest absolute Gasteiger partial charge is 0.497 e. The van der Waals surface area contributed by atoms with Crippen molar-refractivity contribution in [3.63, 3.8) is 0 Å². The zero-order valence-corrected chi connectivity index (χ0v) is 24.5. The van der Waals surface area contributed by atoms with Crippen LogP contribution in [0.3, 0.4) is 0 Å². The minimum absolute atomic E-state index is 0.0912. The van der Waals surface area contributed by atoms with Crippen LogP contribution in [0, 0.1) is 13.8 Å². The van der Waals surface area contributed by atoms with Gasteiger partial charge in [-0.1, -0.05) is 70.4 Å². The van der Waals surface area contributed by atoms with Gasteiger partial charge in [-0.05, 0) is 49.2 Å². The van der Waals surface area contributed by atoms with Crippen LogP contribution >= 0.6 is 23.2 Å². The van der Waals surface area contributed by atoms with E-state index in [1.54, 1.807) is 13.2 Å². The molecule has 3 aliphatic heterocycles. The minimum Gasteiger partial charge on any atom is -0.497 e. The van der Waals surface area contributed by atoms with Crippen molar-refractivity contribution >= 4 is 52.3 Å². The van der Waals surface area contributed by atoms with Crippen molar-refractivity contribution in [2.45, 2.75) is 38.4 Å². The lowest BCUT2D eigenvalue weighted by Crippen LogP contribution is -2.44. The second kappa shape index (κ2) is 10.8. The Balaban J connectivity index is 1.29. The normalized spacial score (nSPS) is 21.3. The van der Waals surface area contributed by atoms with Crippen LogP contribution in [0.15, 0.2) is 76.1 Å². The van der Waals surface area contributed by atoms with Crippen LogP contribution in [-0.4, -0.2) is 59.2 Å². The van der Waals surface area contributed by atoms with Gasteiger partial charge in [0.15, 0.2) is 12.1 Å². The van der Waals surface area contributed by atoms with Crippen molar-refractivity contribution in [3.05, 3.63) is 93.0 Å². The predicted molar refractivity (Wildman–Crippen MR) is 158 cm³/mol. The average molecular weight is 605 g/mol. The molecule has 214 valence electrons. The quantitative estimate of drug-likeness (QED) is 0.355. The number of halogens is 2. The molecule has 0 radical (unpaired) electrons. The summed E-state index contributed by atoms with van der Waals surface area (Å²) < 4.78 is 5.31. The molecule has 3 aromatic rings. The molecule has 0 saturated carbocycles. The summed E-state index contributed by atoms with van der Waals surface area (Å²) in [5, 5.41) is 15.8. The Morgan fingerprint density at radius 3 is 2.38 bits per heavy atom. The van der Waals surface area contributed by atoms with E-state index in [0.717, 1.165) is 32.9 Å². The molecule has 0 N–H and O–H groups in total. The maximum Gasteiger partial charge on any atom is 0.264 e. The summed E-state index contributed by atoms with van der Waals surface area (Å²) in [4.78, 5) is 41.5. The zero-order valence-electron chi connectivity index (χ0n) is 23.0. The molecular formula is C30H26Cl2N6O4. The third kappa shape index (κ3) is 4.70. The third-order valence-electron chi connectivity index (χ3n) is 7.68. The first kappa shape index (κ1) is 27.9. The van der Waals surface area contributed by atoms with Gasteiger partial charge in [0, 0.05) is 12.0 Å². The molecule has 0 spiro atoms. The van der Waals surface area contributed by atoms with Gasteiger partial charge in [-0.25, -0.2) is 9.91 Å². The molecule has 12 heteroatoms. The SMILES string of the molecule is COc1ccc([C@@H]2CC(c3ccc(C)cc3C)=NN2C(=O)CN2N=N[C@H]3C(=O)N(c4c(Cl)cccc4Cl)C(=O)[C@H]32)cc1. The molecule has 10 nitrogen and oxygen atoms in total. The Morgan fingerprint density at radius 2 is 1.71 bits per heavy atom. The third-order valence-corrected chi connectivity index (χ3v) is 8.29. The Morgan fingerprint density at radius 1 is 1.00 bits per heavy atom. The van der Waals surface area contributed by atoms with Gasteiger partial charge in [-0.15, -0.1) is 0 Å². The molecule has 0 bridgehead atoms. The van der Waals surface area contributed by atoms with Crippen LogP contribution in [-0.2, 0) is 14.4 Å². The highest BCUT2D eigenvalue weighted by atomic mass is 35.5. The fourth-order valence-electron chi connectivity index (χ4n) is 5.61. The number of nitrogens with zero attached hydrogens (tertiary/aromatic N) is 6. The number of carbonyl (C=O) groups is 3. The molecule has 42 heavy (non-hydrogen) atoms. The average Bonchev–Trinajstić information content (AvgIpc) is 3.65. The van der Waals surface area contributed by atoms with Gasteiger partial charge in [0.2, 0.25) is 0 Å². The molecule has 0 aromatic heterocycles. The van der Waals surface area contributed by atoms with Crippen molar-refractivity contribution in [1.82, 2.24) is 10.0 Å². The van der Waals surface area contributed by atoms with Crippen LogP contribution in [0.2, 0.25) is 10.0 Å². The number of ether oxygens (including phenoxy) is 1. The van der Waals surface area contributed by atoms with E-state index in [1.807, 2.05) is 50.2 Å². The summed E-state index contributed by atoms with van der Waals surface area (Å²) in [5.74, 6) is -0.914. The van der Waals surface area contributed by atoms with Gasteiger partial charge in [-0.2, -0.15) is 10.2 Å². The summed E-state index contributed by atoms with van der Waals surface area (Å²) in [7, 11) is 1.59. The van der Waals surface area contributed by atoms with Gasteiger partial charge in [0.1, 0.15) is 12.3 Å². The summed E-state index contributed by atoms with van der Waals surface area (Å²) in [6.45, 7) is 3.73. The number of fused-ring (bicyclic) bond motifs is 1. The first-order valence-corrected chi connectivity index (χ1v) is 14.0. The highest BCUT2D eigenvalue weighted by Crippen LogP contribution is 2.40. The monoisotopic (exact) mass is 604 g/mol. The lowest BCUT2D eigenvalue weighted by molar-refractivity contribution is -0.135. The molecule has 0 unspecified atom stereocenters. The molecule has 3 atom stereocenters. The number of aryl methyl sites for hydroxylation is 2. The van der Waals surface area contributed by atoms with E-state index < -0.39 is 35.8 Å². The fraction of sp³-hybridized carbons (Fsp3) is 0.267. The topological polar surface area (TPSA) is 107 Å². The van der Waals surface area contributed by atoms with E-state index in [-0.39, 0.29) is 22.3 Å². The Bertz CT molecular complexity index is 1650. The van der Waals surface area contributed by atoms with Crippen LogP contribution in [0.4, 0.5) is 5.69 Å². The van der Waals surface area contributed by atoms with E-state index in [2.05, 4.69) is 16.4 Å². The number of hydrogen-bond acceptors (Lipinski definition) is 8. The van der Waals surface area contributed by atoms with Gasteiger partial charge < -0.3 is 4.74 Å². The lowest BCUT2D eigenvalue weighted by atomic mass is 9.95. The molecule has 0 aliphatic carbocycles. The van der Waals surface area contributed by atoms with Gasteiger partial charge in [0.25, 0.3) is 17.7 Å². The predicted octanol–water partition coefficient (Wildman–Crippen LogP) is 5.29. The van der Waals surface area contributed by atoms with Crippen molar-refractivity contribution in [3.8, 4) is 5.75 Å². The van der Waals surface area contributed by atoms with Crippen LogP contribution < -0.4 is 9.64 Å². The maximum atomic E-state index is 13.9. The standard InChI is InChI=1S/C30H26Cl2N6O4/c1-16-7-12-20(17(2)13-16)23-14-24(18-8-10-19(42-3)11-9-18)38(34-23)25(39)15-36-28-26(33-35-36)29(40)37(30(28)41)27-21(31)5-4-6-22(27)32/h4-13,24,26,28H,14-15H2,1-3H3/t24-,26+,28-/m0/s1. The van der Waals surface area contributed by atoms with Gasteiger partial charge in [0.05, 0.1) is 34.6 Å². The first-order chi connectivity index (χ1) is 20.2. The van der Waals surface area contributed by atoms with Crippen molar-refractivity contribution in [1.29, 1.82) is 0 Å². The second-order valence-electron chi connectivity index (χ2n) is 10.4. The molecule has 6 rings (SSSR count). The minimum atomic E-state index is -1.11. The zero-order chi connectivity index (χ0) is 29.7. The Kier molecular flexibility index (Phi) is 7.20. The molecule has 3 aliphatic rings. The lowest BCUT2D eigenvalue weighted by Gasteiger charge is -2.26. The van der Waals surface area contributed by atoms with Crippen molar-refractivity contribution in [2.24, 2.45) is 15.4 Å². The Hall–Kier alpha value is -4.28. The molecule has 3 heterocycles. The smallest absolute Gasteiger partial charge is 0.264 e. The summed E-state index contributed by atoms with van der Waals surface area (Å²) >= 11 is 12.6. The highest BCUT2D eigenvalue weighted by Gasteiger charge is 2.56. The second-order valence-corrected chi connectivity index (χ2v) is 11.2. The van der Waals surface area contributed by atoms with Crippen LogP contribution in [0.25, 0.3) is 0 Å². The van der Waals surface area contributed by atoms with Gasteiger partial charge in [-0.3, -0.25) is 19.4 Å². The van der Waals surface area contributed by atoms with E-state index in [4.69, 9.17) is 33.0 Å². The fourth-order valence-corrected chi connectivity index (χ4v) is 6.18. The van der Waals surface area contributed by atoms with E-state index in [9.17, 15) is 14.4 Å². The van der Waals surface area contributed by atoms with Crippen molar-refractivity contribution in [2.75, 3.05) is 18.6 Å².